The maximum atomic E-state index is 5.44. The molecule has 0 aromatic heterocycles. The zero-order chi connectivity index (χ0) is 18.1. The van der Waals surface area contributed by atoms with E-state index in [9.17, 15) is 0 Å². The number of aliphatic imine (C=N–C) groups is 1. The van der Waals surface area contributed by atoms with Crippen molar-refractivity contribution in [2.24, 2.45) is 10.9 Å². The molecular weight excluding hydrogens is 439 g/mol. The Labute approximate surface area is 176 Å². The van der Waals surface area contributed by atoms with Gasteiger partial charge in [-0.05, 0) is 44.2 Å². The van der Waals surface area contributed by atoms with Gasteiger partial charge in [0.15, 0.2) is 5.96 Å². The molecule has 1 saturated heterocycles. The van der Waals surface area contributed by atoms with Gasteiger partial charge in [-0.25, -0.2) is 0 Å². The number of guanidine groups is 1. The summed E-state index contributed by atoms with van der Waals surface area (Å²) in [6.45, 7) is 5.97. The minimum Gasteiger partial charge on any atom is -0.381 e. The molecule has 1 aromatic rings. The molecule has 5 nitrogen and oxygen atoms in total. The lowest BCUT2D eigenvalue weighted by Gasteiger charge is -2.30. The fraction of sp³-hybridized carbons (Fsp3) is 0.650. The first-order valence-corrected chi connectivity index (χ1v) is 9.39. The Bertz CT molecular complexity index is 520. The summed E-state index contributed by atoms with van der Waals surface area (Å²) in [7, 11) is 6.12. The quantitative estimate of drug-likeness (QED) is 0.374. The van der Waals surface area contributed by atoms with E-state index in [0.717, 1.165) is 38.2 Å². The van der Waals surface area contributed by atoms with Gasteiger partial charge in [0, 0.05) is 59.2 Å². The number of likely N-dealkylation sites (N-methyl/N-ethyl adjacent to an activating group) is 1. The van der Waals surface area contributed by atoms with Crippen molar-refractivity contribution in [2.45, 2.75) is 32.2 Å². The largest absolute Gasteiger partial charge is 0.381 e. The van der Waals surface area contributed by atoms with E-state index in [0.29, 0.717) is 6.04 Å². The molecule has 1 N–H and O–H groups in total. The molecule has 1 heterocycles. The zero-order valence-corrected chi connectivity index (χ0v) is 19.0. The summed E-state index contributed by atoms with van der Waals surface area (Å²) in [4.78, 5) is 8.98. The molecule has 2 rings (SSSR count). The average molecular weight is 474 g/mol. The first-order valence-electron chi connectivity index (χ1n) is 9.39. The minimum absolute atomic E-state index is 0. The van der Waals surface area contributed by atoms with Crippen molar-refractivity contribution in [3.05, 3.63) is 30.3 Å². The second-order valence-electron chi connectivity index (χ2n) is 6.99. The van der Waals surface area contributed by atoms with E-state index in [1.807, 2.05) is 7.05 Å². The van der Waals surface area contributed by atoms with Crippen LogP contribution in [0.3, 0.4) is 0 Å². The van der Waals surface area contributed by atoms with Gasteiger partial charge in [0.05, 0.1) is 0 Å². The summed E-state index contributed by atoms with van der Waals surface area (Å²) >= 11 is 0. The van der Waals surface area contributed by atoms with Crippen molar-refractivity contribution < 1.29 is 4.74 Å². The number of hydrogen-bond donors (Lipinski definition) is 1. The van der Waals surface area contributed by atoms with E-state index < -0.39 is 0 Å². The Kier molecular flexibility index (Phi) is 11.0. The molecule has 0 spiro atoms. The molecule has 6 heteroatoms. The van der Waals surface area contributed by atoms with Crippen LogP contribution in [0.15, 0.2) is 35.3 Å². The van der Waals surface area contributed by atoms with Crippen molar-refractivity contribution in [1.82, 2.24) is 10.2 Å². The maximum absolute atomic E-state index is 5.44. The molecule has 1 atom stereocenters. The van der Waals surface area contributed by atoms with Gasteiger partial charge in [0.1, 0.15) is 0 Å². The molecule has 148 valence electrons. The van der Waals surface area contributed by atoms with Crippen LogP contribution < -0.4 is 10.2 Å². The number of para-hydroxylation sites is 1. The number of rotatable bonds is 7. The van der Waals surface area contributed by atoms with Gasteiger partial charge in [0.2, 0.25) is 0 Å². The topological polar surface area (TPSA) is 40.1 Å². The monoisotopic (exact) mass is 474 g/mol. The second kappa shape index (κ2) is 12.4. The molecule has 1 fully saturated rings. The van der Waals surface area contributed by atoms with Crippen LogP contribution in [0.25, 0.3) is 0 Å². The molecule has 0 aliphatic carbocycles. The van der Waals surface area contributed by atoms with Gasteiger partial charge < -0.3 is 19.9 Å². The Morgan fingerprint density at radius 1 is 1.23 bits per heavy atom. The molecule has 0 bridgehead atoms. The van der Waals surface area contributed by atoms with E-state index >= 15 is 0 Å². The summed E-state index contributed by atoms with van der Waals surface area (Å²) in [5.74, 6) is 1.76. The smallest absolute Gasteiger partial charge is 0.193 e. The van der Waals surface area contributed by atoms with Gasteiger partial charge in [0.25, 0.3) is 0 Å². The maximum Gasteiger partial charge on any atom is 0.193 e. The third kappa shape index (κ3) is 7.31. The fourth-order valence-corrected chi connectivity index (χ4v) is 3.20. The SMILES string of the molecule is CN=C(NCC(C)N(C)c1ccccc1)N(C)CCC1CCOCC1.I. The molecule has 1 aliphatic rings. The highest BCUT2D eigenvalue weighted by molar-refractivity contribution is 14.0. The Hall–Kier alpha value is -1.02. The molecule has 1 unspecified atom stereocenters. The van der Waals surface area contributed by atoms with E-state index in [1.165, 1.54) is 24.9 Å². The van der Waals surface area contributed by atoms with Crippen LogP contribution >= 0.6 is 24.0 Å². The Morgan fingerprint density at radius 2 is 1.88 bits per heavy atom. The van der Waals surface area contributed by atoms with Crippen molar-refractivity contribution in [2.75, 3.05) is 52.3 Å². The van der Waals surface area contributed by atoms with Crippen LogP contribution in [0.5, 0.6) is 0 Å². The van der Waals surface area contributed by atoms with Crippen LogP contribution in [0.1, 0.15) is 26.2 Å². The molecule has 26 heavy (non-hydrogen) atoms. The standard InChI is InChI=1S/C20H34N4O.HI/c1-17(24(4)19-8-6-5-7-9-19)16-22-20(21-2)23(3)13-10-18-11-14-25-15-12-18;/h5-9,17-18H,10-16H2,1-4H3,(H,21,22);1H. The number of benzene rings is 1. The predicted octanol–water partition coefficient (Wildman–Crippen LogP) is 3.45. The lowest BCUT2D eigenvalue weighted by atomic mass is 9.96. The summed E-state index contributed by atoms with van der Waals surface area (Å²) in [6.07, 6.45) is 3.59. The van der Waals surface area contributed by atoms with Crippen LogP contribution in [0.4, 0.5) is 5.69 Å². The number of hydrogen-bond acceptors (Lipinski definition) is 3. The molecule has 1 aromatic carbocycles. The summed E-state index contributed by atoms with van der Waals surface area (Å²) in [5, 5.41) is 3.52. The normalized spacial score (nSPS) is 16.5. The number of nitrogens with one attached hydrogen (secondary N) is 1. The third-order valence-electron chi connectivity index (χ3n) is 5.17. The highest BCUT2D eigenvalue weighted by atomic mass is 127. The molecule has 0 radical (unpaired) electrons. The van der Waals surface area contributed by atoms with Crippen molar-refractivity contribution >= 4 is 35.6 Å². The van der Waals surface area contributed by atoms with Crippen LogP contribution in [-0.2, 0) is 4.74 Å². The van der Waals surface area contributed by atoms with Crippen LogP contribution in [-0.4, -0.2) is 64.3 Å². The number of anilines is 1. The van der Waals surface area contributed by atoms with Gasteiger partial charge >= 0.3 is 0 Å². The summed E-state index contributed by atoms with van der Waals surface area (Å²) < 4.78 is 5.44. The molecular formula is C20H35IN4O. The lowest BCUT2D eigenvalue weighted by molar-refractivity contribution is 0.0625. The minimum atomic E-state index is 0. The van der Waals surface area contributed by atoms with E-state index in [2.05, 4.69) is 71.5 Å². The molecule has 0 amide bonds. The summed E-state index contributed by atoms with van der Waals surface area (Å²) in [6, 6.07) is 10.9. The molecule has 1 aliphatic heterocycles. The van der Waals surface area contributed by atoms with Gasteiger partial charge in [-0.1, -0.05) is 18.2 Å². The highest BCUT2D eigenvalue weighted by Gasteiger charge is 2.16. The van der Waals surface area contributed by atoms with Crippen molar-refractivity contribution in [1.29, 1.82) is 0 Å². The fourth-order valence-electron chi connectivity index (χ4n) is 3.20. The lowest BCUT2D eigenvalue weighted by Crippen LogP contribution is -2.46. The van der Waals surface area contributed by atoms with E-state index in [-0.39, 0.29) is 24.0 Å². The number of ether oxygens (including phenoxy) is 1. The highest BCUT2D eigenvalue weighted by Crippen LogP contribution is 2.18. The predicted molar refractivity (Wildman–Crippen MR) is 122 cm³/mol. The average Bonchev–Trinajstić information content (AvgIpc) is 2.67. The molecule has 0 saturated carbocycles. The van der Waals surface area contributed by atoms with Crippen LogP contribution in [0.2, 0.25) is 0 Å². The number of nitrogens with zero attached hydrogens (tertiary/aromatic N) is 3. The van der Waals surface area contributed by atoms with Gasteiger partial charge in [-0.2, -0.15) is 0 Å². The first kappa shape index (κ1) is 23.0. The summed E-state index contributed by atoms with van der Waals surface area (Å²) in [5.41, 5.74) is 1.24. The second-order valence-corrected chi connectivity index (χ2v) is 6.99. The van der Waals surface area contributed by atoms with Crippen molar-refractivity contribution in [3.63, 3.8) is 0 Å². The Morgan fingerprint density at radius 3 is 2.50 bits per heavy atom. The Balaban J connectivity index is 0.00000338. The van der Waals surface area contributed by atoms with Gasteiger partial charge in [-0.3, -0.25) is 4.99 Å². The number of halogens is 1. The van der Waals surface area contributed by atoms with Crippen molar-refractivity contribution in [3.8, 4) is 0 Å². The van der Waals surface area contributed by atoms with E-state index in [1.54, 1.807) is 0 Å². The third-order valence-corrected chi connectivity index (χ3v) is 5.17. The van der Waals surface area contributed by atoms with Gasteiger partial charge in [-0.15, -0.1) is 24.0 Å². The van der Waals surface area contributed by atoms with E-state index in [4.69, 9.17) is 4.74 Å². The zero-order valence-electron chi connectivity index (χ0n) is 16.6. The van der Waals surface area contributed by atoms with Crippen LogP contribution in [0, 0.1) is 5.92 Å². The first-order chi connectivity index (χ1) is 12.1.